The molecule has 2 atom stereocenters. The maximum absolute atomic E-state index is 11.4. The van der Waals surface area contributed by atoms with Crippen molar-refractivity contribution in [3.05, 3.63) is 17.0 Å². The topological polar surface area (TPSA) is 46.1 Å². The SMILES string of the molecule is CC(=O)N1CCC2c3c(Cl)ncnc3SC2C1. The largest absolute Gasteiger partial charge is 0.342 e. The monoisotopic (exact) mass is 269 g/mol. The molecule has 1 amide bonds. The van der Waals surface area contributed by atoms with Gasteiger partial charge in [0.1, 0.15) is 16.5 Å². The van der Waals surface area contributed by atoms with Crippen LogP contribution in [0.2, 0.25) is 5.15 Å². The first-order chi connectivity index (χ1) is 8.16. The fourth-order valence-electron chi connectivity index (χ4n) is 2.56. The van der Waals surface area contributed by atoms with Crippen molar-refractivity contribution in [1.82, 2.24) is 14.9 Å². The molecule has 1 fully saturated rings. The van der Waals surface area contributed by atoms with Crippen LogP contribution in [-0.2, 0) is 4.79 Å². The highest BCUT2D eigenvalue weighted by atomic mass is 35.5. The van der Waals surface area contributed by atoms with Crippen LogP contribution in [0.1, 0.15) is 24.8 Å². The summed E-state index contributed by atoms with van der Waals surface area (Å²) in [5.41, 5.74) is 1.09. The minimum atomic E-state index is 0.150. The highest BCUT2D eigenvalue weighted by molar-refractivity contribution is 8.00. The first-order valence-corrected chi connectivity index (χ1v) is 6.85. The van der Waals surface area contributed by atoms with E-state index in [4.69, 9.17) is 11.6 Å². The van der Waals surface area contributed by atoms with E-state index in [-0.39, 0.29) is 5.91 Å². The molecule has 2 unspecified atom stereocenters. The van der Waals surface area contributed by atoms with Crippen LogP contribution in [-0.4, -0.2) is 39.1 Å². The predicted octanol–water partition coefficient (Wildman–Crippen LogP) is 1.94. The van der Waals surface area contributed by atoms with Crippen LogP contribution in [0.15, 0.2) is 11.4 Å². The number of nitrogens with zero attached hydrogens (tertiary/aromatic N) is 3. The summed E-state index contributed by atoms with van der Waals surface area (Å²) < 4.78 is 0. The van der Waals surface area contributed by atoms with Crippen molar-refractivity contribution in [2.24, 2.45) is 0 Å². The fourth-order valence-corrected chi connectivity index (χ4v) is 4.35. The molecule has 0 radical (unpaired) electrons. The van der Waals surface area contributed by atoms with Gasteiger partial charge >= 0.3 is 0 Å². The standard InChI is InChI=1S/C11H12ClN3OS/c1-6(16)15-3-2-7-8(4-15)17-11-9(7)10(12)13-5-14-11/h5,7-8H,2-4H2,1H3. The second-order valence-corrected chi connectivity index (χ2v) is 5.99. The molecule has 1 aromatic rings. The van der Waals surface area contributed by atoms with E-state index in [1.54, 1.807) is 18.7 Å². The van der Waals surface area contributed by atoms with Crippen LogP contribution in [0, 0.1) is 0 Å². The minimum Gasteiger partial charge on any atom is -0.342 e. The van der Waals surface area contributed by atoms with E-state index in [0.717, 1.165) is 30.1 Å². The van der Waals surface area contributed by atoms with Crippen molar-refractivity contribution in [2.75, 3.05) is 13.1 Å². The number of hydrogen-bond donors (Lipinski definition) is 0. The highest BCUT2D eigenvalue weighted by Crippen LogP contribution is 2.49. The number of thioether (sulfide) groups is 1. The Morgan fingerprint density at radius 2 is 2.41 bits per heavy atom. The first kappa shape index (κ1) is 11.3. The number of halogens is 1. The van der Waals surface area contributed by atoms with Crippen LogP contribution in [0.25, 0.3) is 0 Å². The number of aromatic nitrogens is 2. The van der Waals surface area contributed by atoms with E-state index < -0.39 is 0 Å². The molecule has 1 saturated heterocycles. The van der Waals surface area contributed by atoms with Gasteiger partial charge in [-0.1, -0.05) is 11.6 Å². The fraction of sp³-hybridized carbons (Fsp3) is 0.545. The molecule has 0 bridgehead atoms. The molecule has 0 saturated carbocycles. The third kappa shape index (κ3) is 1.81. The lowest BCUT2D eigenvalue weighted by Crippen LogP contribution is -2.42. The average Bonchev–Trinajstić information content (AvgIpc) is 2.67. The zero-order chi connectivity index (χ0) is 12.0. The zero-order valence-corrected chi connectivity index (χ0v) is 11.0. The summed E-state index contributed by atoms with van der Waals surface area (Å²) in [6, 6.07) is 0. The van der Waals surface area contributed by atoms with Crippen LogP contribution in [0.4, 0.5) is 0 Å². The summed E-state index contributed by atoms with van der Waals surface area (Å²) in [6.07, 6.45) is 2.46. The summed E-state index contributed by atoms with van der Waals surface area (Å²) in [5, 5.41) is 1.95. The highest BCUT2D eigenvalue weighted by Gasteiger charge is 2.40. The van der Waals surface area contributed by atoms with Gasteiger partial charge in [-0.15, -0.1) is 11.8 Å². The molecular formula is C11H12ClN3OS. The molecule has 0 N–H and O–H groups in total. The number of likely N-dealkylation sites (tertiary alicyclic amines) is 1. The lowest BCUT2D eigenvalue weighted by Gasteiger charge is -2.33. The van der Waals surface area contributed by atoms with Crippen molar-refractivity contribution in [1.29, 1.82) is 0 Å². The summed E-state index contributed by atoms with van der Waals surface area (Å²) in [7, 11) is 0. The van der Waals surface area contributed by atoms with Crippen LogP contribution < -0.4 is 0 Å². The third-order valence-corrected chi connectivity index (χ3v) is 5.07. The van der Waals surface area contributed by atoms with Gasteiger partial charge < -0.3 is 4.90 Å². The molecule has 6 heteroatoms. The van der Waals surface area contributed by atoms with Crippen molar-refractivity contribution in [2.45, 2.75) is 29.5 Å². The van der Waals surface area contributed by atoms with Crippen LogP contribution in [0.3, 0.4) is 0 Å². The van der Waals surface area contributed by atoms with Gasteiger partial charge in [0.2, 0.25) is 5.91 Å². The number of amides is 1. The third-order valence-electron chi connectivity index (χ3n) is 3.44. The Hall–Kier alpha value is -0.810. The average molecular weight is 270 g/mol. The van der Waals surface area contributed by atoms with Gasteiger partial charge in [-0.25, -0.2) is 9.97 Å². The second kappa shape index (κ2) is 4.14. The maximum atomic E-state index is 11.4. The Kier molecular flexibility index (Phi) is 2.75. The van der Waals surface area contributed by atoms with E-state index in [1.807, 2.05) is 4.90 Å². The molecule has 0 spiro atoms. The van der Waals surface area contributed by atoms with Gasteiger partial charge in [-0.05, 0) is 6.42 Å². The van der Waals surface area contributed by atoms with E-state index in [9.17, 15) is 4.79 Å². The molecule has 0 aromatic carbocycles. The number of rotatable bonds is 0. The van der Waals surface area contributed by atoms with E-state index in [2.05, 4.69) is 9.97 Å². The molecule has 3 rings (SSSR count). The van der Waals surface area contributed by atoms with Gasteiger partial charge in [0, 0.05) is 36.7 Å². The minimum absolute atomic E-state index is 0.150. The van der Waals surface area contributed by atoms with Gasteiger partial charge in [0.25, 0.3) is 0 Å². The molecule has 90 valence electrons. The van der Waals surface area contributed by atoms with Crippen molar-refractivity contribution in [3.8, 4) is 0 Å². The molecule has 0 aliphatic carbocycles. The number of piperidine rings is 1. The Balaban J connectivity index is 1.90. The normalized spacial score (nSPS) is 26.6. The molecule has 17 heavy (non-hydrogen) atoms. The smallest absolute Gasteiger partial charge is 0.219 e. The molecule has 4 nitrogen and oxygen atoms in total. The van der Waals surface area contributed by atoms with Gasteiger partial charge in [0.05, 0.1) is 0 Å². The van der Waals surface area contributed by atoms with Crippen molar-refractivity contribution in [3.63, 3.8) is 0 Å². The van der Waals surface area contributed by atoms with Crippen LogP contribution >= 0.6 is 23.4 Å². The molecular weight excluding hydrogens is 258 g/mol. The predicted molar refractivity (Wildman–Crippen MR) is 66.3 cm³/mol. The van der Waals surface area contributed by atoms with Crippen molar-refractivity contribution < 1.29 is 4.79 Å². The number of carbonyl (C=O) groups is 1. The summed E-state index contributed by atoms with van der Waals surface area (Å²) >= 11 is 7.87. The summed E-state index contributed by atoms with van der Waals surface area (Å²) in [4.78, 5) is 21.6. The van der Waals surface area contributed by atoms with Gasteiger partial charge in [0.15, 0.2) is 0 Å². The summed E-state index contributed by atoms with van der Waals surface area (Å²) in [6.45, 7) is 3.22. The Bertz CT molecular complexity index is 482. The number of fused-ring (bicyclic) bond motifs is 3. The Labute approximate surface area is 109 Å². The van der Waals surface area contributed by atoms with Gasteiger partial charge in [-0.2, -0.15) is 0 Å². The number of hydrogen-bond acceptors (Lipinski definition) is 4. The van der Waals surface area contributed by atoms with E-state index >= 15 is 0 Å². The summed E-state index contributed by atoms with van der Waals surface area (Å²) in [5.74, 6) is 0.552. The lowest BCUT2D eigenvalue weighted by atomic mass is 9.91. The van der Waals surface area contributed by atoms with Gasteiger partial charge in [-0.3, -0.25) is 4.79 Å². The molecule has 2 aliphatic rings. The van der Waals surface area contributed by atoms with E-state index in [0.29, 0.717) is 16.3 Å². The van der Waals surface area contributed by atoms with Crippen molar-refractivity contribution >= 4 is 29.3 Å². The Morgan fingerprint density at radius 1 is 1.59 bits per heavy atom. The van der Waals surface area contributed by atoms with Crippen LogP contribution in [0.5, 0.6) is 0 Å². The Morgan fingerprint density at radius 3 is 3.18 bits per heavy atom. The number of carbonyl (C=O) groups excluding carboxylic acids is 1. The second-order valence-electron chi connectivity index (χ2n) is 4.40. The quantitative estimate of drug-likeness (QED) is 0.676. The molecule has 3 heterocycles. The first-order valence-electron chi connectivity index (χ1n) is 5.59. The maximum Gasteiger partial charge on any atom is 0.219 e. The molecule has 1 aromatic heterocycles. The molecule has 2 aliphatic heterocycles. The van der Waals surface area contributed by atoms with E-state index in [1.165, 1.54) is 6.33 Å². The zero-order valence-electron chi connectivity index (χ0n) is 9.39. The lowest BCUT2D eigenvalue weighted by molar-refractivity contribution is -0.129.